The van der Waals surface area contributed by atoms with E-state index in [1.54, 1.807) is 0 Å². The van der Waals surface area contributed by atoms with Crippen LogP contribution >= 0.6 is 0 Å². The van der Waals surface area contributed by atoms with Crippen molar-refractivity contribution < 1.29 is 50.1 Å². The molecule has 0 spiro atoms. The van der Waals surface area contributed by atoms with Gasteiger partial charge in [0.15, 0.2) is 5.75 Å². The quantitative estimate of drug-likeness (QED) is 0.390. The van der Waals surface area contributed by atoms with Crippen LogP contribution in [0.25, 0.3) is 5.57 Å². The van der Waals surface area contributed by atoms with Crippen molar-refractivity contribution in [2.24, 2.45) is 10.7 Å². The minimum Gasteiger partial charge on any atom is -0.409 e. The first kappa shape index (κ1) is 28.9. The molecule has 1 aliphatic rings. The molecule has 0 aliphatic carbocycles. The third kappa shape index (κ3) is 6.81. The van der Waals surface area contributed by atoms with Crippen LogP contribution in [0.15, 0.2) is 47.6 Å². The minimum absolute atomic E-state index is 0.0293. The zero-order chi connectivity index (χ0) is 28.3. The number of aliphatic hydroxyl groups is 1. The lowest BCUT2D eigenvalue weighted by Gasteiger charge is -2.22. The van der Waals surface area contributed by atoms with Gasteiger partial charge in [0.1, 0.15) is 11.4 Å². The maximum atomic E-state index is 13.9. The predicted octanol–water partition coefficient (Wildman–Crippen LogP) is 5.02. The number of anilines is 1. The molecule has 206 valence electrons. The molecule has 1 unspecified atom stereocenters. The first-order chi connectivity index (χ1) is 17.6. The highest BCUT2D eigenvalue weighted by Gasteiger charge is 2.41. The second-order valence-corrected chi connectivity index (χ2v) is 8.42. The van der Waals surface area contributed by atoms with Gasteiger partial charge < -0.3 is 20.3 Å². The first-order valence-electron chi connectivity index (χ1n) is 10.9. The normalized spacial score (nSPS) is 18.7. The second-order valence-electron chi connectivity index (χ2n) is 8.42. The average Bonchev–Trinajstić information content (AvgIpc) is 3.27. The SMILES string of the molecule is CN(C(=O)Oc1c(C(C=NCC2(O)CCOC2)=CN)cc(C(F)(F)F)cc1C(F)(F)F)c1ccc(F)cc1. The van der Waals surface area contributed by atoms with Crippen molar-refractivity contribution in [3.05, 3.63) is 65.1 Å². The highest BCUT2D eigenvalue weighted by molar-refractivity contribution is 6.11. The number of carbonyl (C=O) groups is 1. The number of halogens is 7. The highest BCUT2D eigenvalue weighted by atomic mass is 19.4. The molecule has 38 heavy (non-hydrogen) atoms. The molecular formula is C24H22F7N3O4. The topological polar surface area (TPSA) is 97.4 Å². The van der Waals surface area contributed by atoms with E-state index in [2.05, 4.69) is 4.99 Å². The Morgan fingerprint density at radius 2 is 1.84 bits per heavy atom. The van der Waals surface area contributed by atoms with Gasteiger partial charge in [-0.05, 0) is 36.4 Å². The van der Waals surface area contributed by atoms with Gasteiger partial charge in [-0.15, -0.1) is 0 Å². The van der Waals surface area contributed by atoms with Crippen LogP contribution in [0.4, 0.5) is 41.2 Å². The zero-order valence-electron chi connectivity index (χ0n) is 19.7. The lowest BCUT2D eigenvalue weighted by molar-refractivity contribution is -0.143. The van der Waals surface area contributed by atoms with Gasteiger partial charge in [-0.25, -0.2) is 9.18 Å². The van der Waals surface area contributed by atoms with Crippen molar-refractivity contribution in [3.63, 3.8) is 0 Å². The van der Waals surface area contributed by atoms with E-state index in [9.17, 15) is 40.6 Å². The molecule has 1 fully saturated rings. The molecule has 3 N–H and O–H groups in total. The Hall–Kier alpha value is -3.65. The number of nitrogens with two attached hydrogens (primary N) is 1. The number of rotatable bonds is 6. The van der Waals surface area contributed by atoms with E-state index in [0.29, 0.717) is 12.3 Å². The molecule has 1 saturated heterocycles. The highest BCUT2D eigenvalue weighted by Crippen LogP contribution is 2.44. The van der Waals surface area contributed by atoms with Crippen molar-refractivity contribution in [3.8, 4) is 5.75 Å². The largest absolute Gasteiger partial charge is 0.420 e. The van der Waals surface area contributed by atoms with E-state index >= 15 is 0 Å². The molecule has 14 heteroatoms. The van der Waals surface area contributed by atoms with Crippen molar-refractivity contribution in [1.82, 2.24) is 0 Å². The summed E-state index contributed by atoms with van der Waals surface area (Å²) in [6.07, 6.45) is -10.2. The Labute approximate surface area is 212 Å². The molecule has 3 rings (SSSR count). The first-order valence-corrected chi connectivity index (χ1v) is 10.9. The summed E-state index contributed by atoms with van der Waals surface area (Å²) in [6.45, 7) is -0.0971. The number of ether oxygens (including phenoxy) is 2. The van der Waals surface area contributed by atoms with E-state index in [1.807, 2.05) is 0 Å². The third-order valence-corrected chi connectivity index (χ3v) is 5.59. The molecule has 0 aromatic heterocycles. The summed E-state index contributed by atoms with van der Waals surface area (Å²) in [6, 6.07) is 4.41. The van der Waals surface area contributed by atoms with Crippen LogP contribution in [-0.4, -0.2) is 49.8 Å². The maximum absolute atomic E-state index is 13.9. The number of carbonyl (C=O) groups excluding carboxylic acids is 1. The summed E-state index contributed by atoms with van der Waals surface area (Å²) in [7, 11) is 1.11. The van der Waals surface area contributed by atoms with Crippen LogP contribution in [-0.2, 0) is 17.1 Å². The maximum Gasteiger partial charge on any atom is 0.420 e. The van der Waals surface area contributed by atoms with Crippen LogP contribution in [0.5, 0.6) is 5.75 Å². The van der Waals surface area contributed by atoms with E-state index in [-0.39, 0.29) is 37.9 Å². The molecule has 1 heterocycles. The lowest BCUT2D eigenvalue weighted by Crippen LogP contribution is -2.32. The van der Waals surface area contributed by atoms with Gasteiger partial charge in [-0.2, -0.15) is 26.3 Å². The number of benzene rings is 2. The van der Waals surface area contributed by atoms with Crippen LogP contribution < -0.4 is 15.4 Å². The van der Waals surface area contributed by atoms with Gasteiger partial charge in [-0.1, -0.05) is 0 Å². The number of hydrogen-bond donors (Lipinski definition) is 2. The van der Waals surface area contributed by atoms with E-state index in [1.165, 1.54) is 0 Å². The standard InChI is InChI=1S/C24H22F7N3O4/c1-34(17-4-2-16(25)3-5-17)21(35)38-20-18(8-15(23(26,27)28)9-19(20)24(29,30)31)14(10-32)11-33-12-22(36)6-7-37-13-22/h2-5,8-11,36H,6-7,12-13,32H2,1H3. The Kier molecular flexibility index (Phi) is 8.36. The van der Waals surface area contributed by atoms with Gasteiger partial charge in [-0.3, -0.25) is 9.89 Å². The molecule has 1 aliphatic heterocycles. The summed E-state index contributed by atoms with van der Waals surface area (Å²) >= 11 is 0. The number of alkyl halides is 6. The fraction of sp³-hybridized carbons (Fsp3) is 0.333. The third-order valence-electron chi connectivity index (χ3n) is 5.59. The van der Waals surface area contributed by atoms with Crippen molar-refractivity contribution in [2.75, 3.05) is 31.7 Å². The van der Waals surface area contributed by atoms with Crippen LogP contribution in [0, 0.1) is 5.82 Å². The Morgan fingerprint density at radius 3 is 2.37 bits per heavy atom. The fourth-order valence-corrected chi connectivity index (χ4v) is 3.49. The van der Waals surface area contributed by atoms with Crippen LogP contribution in [0.2, 0.25) is 0 Å². The molecule has 1 atom stereocenters. The Bertz CT molecular complexity index is 1220. The molecule has 7 nitrogen and oxygen atoms in total. The average molecular weight is 549 g/mol. The van der Waals surface area contributed by atoms with Crippen LogP contribution in [0.1, 0.15) is 23.1 Å². The summed E-state index contributed by atoms with van der Waals surface area (Å²) < 4.78 is 106. The molecule has 2 aromatic rings. The molecular weight excluding hydrogens is 527 g/mol. The number of allylic oxidation sites excluding steroid dienone is 1. The molecule has 0 radical (unpaired) electrons. The molecule has 0 bridgehead atoms. The van der Waals surface area contributed by atoms with Gasteiger partial charge in [0, 0.05) is 49.3 Å². The molecule has 0 saturated carbocycles. The Balaban J connectivity index is 2.09. The predicted molar refractivity (Wildman–Crippen MR) is 123 cm³/mol. The molecule has 1 amide bonds. The number of nitrogens with zero attached hydrogens (tertiary/aromatic N) is 2. The number of aliphatic imine (C=N–C) groups is 1. The summed E-state index contributed by atoms with van der Waals surface area (Å²) in [5.74, 6) is -1.90. The van der Waals surface area contributed by atoms with E-state index in [0.717, 1.165) is 42.4 Å². The lowest BCUT2D eigenvalue weighted by atomic mass is 9.98. The summed E-state index contributed by atoms with van der Waals surface area (Å²) in [5.41, 5.74) is -0.653. The summed E-state index contributed by atoms with van der Waals surface area (Å²) in [4.78, 5) is 17.4. The second kappa shape index (κ2) is 11.0. The Morgan fingerprint density at radius 1 is 1.18 bits per heavy atom. The van der Waals surface area contributed by atoms with Gasteiger partial charge in [0.05, 0.1) is 24.3 Å². The van der Waals surface area contributed by atoms with Gasteiger partial charge >= 0.3 is 18.4 Å². The van der Waals surface area contributed by atoms with Crippen molar-refractivity contribution in [2.45, 2.75) is 24.4 Å². The van der Waals surface area contributed by atoms with E-state index < -0.39 is 57.9 Å². The summed E-state index contributed by atoms with van der Waals surface area (Å²) in [5, 5.41) is 10.3. The van der Waals surface area contributed by atoms with Crippen LogP contribution in [0.3, 0.4) is 0 Å². The van der Waals surface area contributed by atoms with Crippen molar-refractivity contribution in [1.29, 1.82) is 0 Å². The van der Waals surface area contributed by atoms with E-state index in [4.69, 9.17) is 15.2 Å². The van der Waals surface area contributed by atoms with Gasteiger partial charge in [0.25, 0.3) is 0 Å². The molecule has 2 aromatic carbocycles. The minimum atomic E-state index is -5.38. The smallest absolute Gasteiger partial charge is 0.409 e. The monoisotopic (exact) mass is 549 g/mol. The van der Waals surface area contributed by atoms with Gasteiger partial charge in [0.2, 0.25) is 0 Å². The van der Waals surface area contributed by atoms with Crippen molar-refractivity contribution >= 4 is 23.6 Å². The fourth-order valence-electron chi connectivity index (χ4n) is 3.49. The number of hydrogen-bond acceptors (Lipinski definition) is 6. The zero-order valence-corrected chi connectivity index (χ0v) is 19.7. The number of amides is 1.